The Kier molecular flexibility index (Phi) is 5.84. The summed E-state index contributed by atoms with van der Waals surface area (Å²) in [4.78, 5) is 36.4. The van der Waals surface area contributed by atoms with Crippen LogP contribution in [0.25, 0.3) is 0 Å². The summed E-state index contributed by atoms with van der Waals surface area (Å²) in [5.74, 6) is -1.01. The Hall–Kier alpha value is -2.67. The topological polar surface area (TPSA) is 79.5 Å². The van der Waals surface area contributed by atoms with E-state index < -0.39 is 5.97 Å². The van der Waals surface area contributed by atoms with Gasteiger partial charge in [-0.1, -0.05) is 0 Å². The van der Waals surface area contributed by atoms with Gasteiger partial charge in [0.05, 0.1) is 6.10 Å². The number of Topliss-reactive ketones (excluding diaryl/α,β-unsaturated/α-hetero) is 2. The molecule has 0 saturated carbocycles. The van der Waals surface area contributed by atoms with Crippen LogP contribution in [-0.2, 0) is 23.1 Å². The second-order valence-electron chi connectivity index (χ2n) is 7.31. The Bertz CT molecular complexity index is 916. The van der Waals surface area contributed by atoms with Crippen molar-refractivity contribution in [2.75, 3.05) is 13.2 Å². The minimum absolute atomic E-state index is 0.135. The predicted molar refractivity (Wildman–Crippen MR) is 103 cm³/mol. The average Bonchev–Trinajstić information content (AvgIpc) is 3.36. The summed E-state index contributed by atoms with van der Waals surface area (Å²) in [7, 11) is 1.66. The molecule has 0 spiro atoms. The molecule has 0 bridgehead atoms. The van der Waals surface area contributed by atoms with Crippen LogP contribution in [0.4, 0.5) is 0 Å². The van der Waals surface area contributed by atoms with Gasteiger partial charge >= 0.3 is 5.97 Å². The number of ketones is 2. The highest BCUT2D eigenvalue weighted by atomic mass is 16.5. The van der Waals surface area contributed by atoms with Gasteiger partial charge in [0.1, 0.15) is 5.69 Å². The molecule has 0 unspecified atom stereocenters. The lowest BCUT2D eigenvalue weighted by molar-refractivity contribution is 0.0465. The summed E-state index contributed by atoms with van der Waals surface area (Å²) in [5.41, 5.74) is 3.06. The highest BCUT2D eigenvalue weighted by Crippen LogP contribution is 2.21. The van der Waals surface area contributed by atoms with Gasteiger partial charge in [0.15, 0.2) is 12.4 Å². The van der Waals surface area contributed by atoms with E-state index in [0.717, 1.165) is 37.4 Å². The predicted octanol–water partition coefficient (Wildman–Crippen LogP) is 2.86. The average molecular weight is 386 g/mol. The van der Waals surface area contributed by atoms with Gasteiger partial charge < -0.3 is 18.6 Å². The zero-order valence-corrected chi connectivity index (χ0v) is 16.8. The monoisotopic (exact) mass is 386 g/mol. The summed E-state index contributed by atoms with van der Waals surface area (Å²) in [6.45, 7) is 6.45. The van der Waals surface area contributed by atoms with E-state index in [9.17, 15) is 14.4 Å². The third-order valence-electron chi connectivity index (χ3n) is 5.24. The molecule has 1 fully saturated rings. The maximum atomic E-state index is 12.6. The smallest absolute Gasteiger partial charge is 0.355 e. The number of nitrogens with zero attached hydrogens (tertiary/aromatic N) is 2. The molecule has 1 aliphatic heterocycles. The Morgan fingerprint density at radius 1 is 1.25 bits per heavy atom. The van der Waals surface area contributed by atoms with Gasteiger partial charge in [0.25, 0.3) is 0 Å². The largest absolute Gasteiger partial charge is 0.453 e. The number of hydrogen-bond donors (Lipinski definition) is 0. The lowest BCUT2D eigenvalue weighted by Gasteiger charge is -2.14. The summed E-state index contributed by atoms with van der Waals surface area (Å²) >= 11 is 0. The van der Waals surface area contributed by atoms with Crippen molar-refractivity contribution >= 4 is 17.5 Å². The van der Waals surface area contributed by atoms with Crippen LogP contribution in [0.5, 0.6) is 0 Å². The molecular formula is C21H26N2O5. The minimum atomic E-state index is -0.628. The molecule has 7 nitrogen and oxygen atoms in total. The van der Waals surface area contributed by atoms with E-state index in [1.807, 2.05) is 19.9 Å². The van der Waals surface area contributed by atoms with Crippen LogP contribution in [-0.4, -0.2) is 46.0 Å². The zero-order chi connectivity index (χ0) is 20.4. The van der Waals surface area contributed by atoms with Crippen molar-refractivity contribution in [3.63, 3.8) is 0 Å². The van der Waals surface area contributed by atoms with Crippen molar-refractivity contribution in [3.05, 3.63) is 46.5 Å². The third kappa shape index (κ3) is 4.09. The molecule has 0 aromatic carbocycles. The summed E-state index contributed by atoms with van der Waals surface area (Å²) in [5, 5.41) is 0. The van der Waals surface area contributed by atoms with E-state index in [0.29, 0.717) is 11.1 Å². The molecule has 3 heterocycles. The van der Waals surface area contributed by atoms with Crippen molar-refractivity contribution < 1.29 is 23.9 Å². The molecule has 0 aliphatic carbocycles. The fourth-order valence-electron chi connectivity index (χ4n) is 3.60. The maximum Gasteiger partial charge on any atom is 0.355 e. The number of aromatic nitrogens is 2. The van der Waals surface area contributed by atoms with E-state index in [1.54, 1.807) is 13.2 Å². The number of ether oxygens (including phenoxy) is 2. The highest BCUT2D eigenvalue weighted by molar-refractivity contribution is 6.01. The van der Waals surface area contributed by atoms with Crippen LogP contribution in [0.15, 0.2) is 18.3 Å². The highest BCUT2D eigenvalue weighted by Gasteiger charge is 2.22. The van der Waals surface area contributed by atoms with Gasteiger partial charge in [-0.3, -0.25) is 9.59 Å². The quantitative estimate of drug-likeness (QED) is 0.540. The Balaban J connectivity index is 1.66. The van der Waals surface area contributed by atoms with Crippen molar-refractivity contribution in [2.45, 2.75) is 46.3 Å². The first-order valence-corrected chi connectivity index (χ1v) is 9.44. The molecule has 0 amide bonds. The molecule has 1 aliphatic rings. The Morgan fingerprint density at radius 2 is 2.00 bits per heavy atom. The first-order chi connectivity index (χ1) is 13.3. The summed E-state index contributed by atoms with van der Waals surface area (Å²) in [6.07, 6.45) is 3.84. The summed E-state index contributed by atoms with van der Waals surface area (Å²) in [6, 6.07) is 3.31. The number of hydrogen-bond acceptors (Lipinski definition) is 5. The molecule has 2 aromatic rings. The van der Waals surface area contributed by atoms with Crippen LogP contribution in [0.3, 0.4) is 0 Å². The lowest BCUT2D eigenvalue weighted by atomic mass is 10.1. The lowest BCUT2D eigenvalue weighted by Crippen LogP contribution is -2.18. The van der Waals surface area contributed by atoms with Gasteiger partial charge in [0, 0.05) is 48.9 Å². The van der Waals surface area contributed by atoms with Crippen LogP contribution in [0, 0.1) is 13.8 Å². The number of aryl methyl sites for hydroxylation is 2. The van der Waals surface area contributed by atoms with Gasteiger partial charge in [-0.25, -0.2) is 4.79 Å². The fourth-order valence-corrected chi connectivity index (χ4v) is 3.60. The number of rotatable bonds is 7. The van der Waals surface area contributed by atoms with Crippen molar-refractivity contribution in [2.24, 2.45) is 7.05 Å². The first-order valence-electron chi connectivity index (χ1n) is 9.44. The minimum Gasteiger partial charge on any atom is -0.453 e. The molecule has 7 heteroatoms. The van der Waals surface area contributed by atoms with Gasteiger partial charge in [-0.15, -0.1) is 0 Å². The molecule has 0 radical (unpaired) electrons. The van der Waals surface area contributed by atoms with Gasteiger partial charge in [0.2, 0.25) is 5.78 Å². The van der Waals surface area contributed by atoms with E-state index in [1.165, 1.54) is 17.6 Å². The first kappa shape index (κ1) is 20.1. The number of esters is 1. The SMILES string of the molecule is CC(=O)c1cc(C(=O)OCC(=O)c2cc(C)n(C[C@@H]3CCCO3)c2C)n(C)c1. The summed E-state index contributed by atoms with van der Waals surface area (Å²) < 4.78 is 14.5. The molecule has 0 N–H and O–H groups in total. The normalized spacial score (nSPS) is 16.4. The molecule has 3 rings (SSSR count). The molecule has 28 heavy (non-hydrogen) atoms. The van der Waals surface area contributed by atoms with Crippen LogP contribution in [0.2, 0.25) is 0 Å². The molecule has 2 aromatic heterocycles. The van der Waals surface area contributed by atoms with E-state index in [-0.39, 0.29) is 30.0 Å². The fraction of sp³-hybridized carbons (Fsp3) is 0.476. The van der Waals surface area contributed by atoms with Gasteiger partial charge in [-0.05, 0) is 45.7 Å². The van der Waals surface area contributed by atoms with E-state index in [4.69, 9.17) is 9.47 Å². The maximum absolute atomic E-state index is 12.6. The number of carbonyl (C=O) groups excluding carboxylic acids is 3. The van der Waals surface area contributed by atoms with Crippen molar-refractivity contribution in [3.8, 4) is 0 Å². The van der Waals surface area contributed by atoms with Crippen LogP contribution < -0.4 is 0 Å². The zero-order valence-electron chi connectivity index (χ0n) is 16.8. The van der Waals surface area contributed by atoms with Crippen LogP contribution in [0.1, 0.15) is 62.4 Å². The number of carbonyl (C=O) groups is 3. The van der Waals surface area contributed by atoms with Crippen LogP contribution >= 0.6 is 0 Å². The van der Waals surface area contributed by atoms with Crippen molar-refractivity contribution in [1.29, 1.82) is 0 Å². The molecule has 150 valence electrons. The van der Waals surface area contributed by atoms with E-state index >= 15 is 0 Å². The molecular weight excluding hydrogens is 360 g/mol. The standard InChI is InChI=1S/C21H26N2O5/c1-13-8-18(14(2)23(13)11-17-6-5-7-27-17)20(25)12-28-21(26)19-9-16(15(3)24)10-22(19)4/h8-10,17H,5-7,11-12H2,1-4H3/t17-/m0/s1. The van der Waals surface area contributed by atoms with E-state index in [2.05, 4.69) is 4.57 Å². The second-order valence-corrected chi connectivity index (χ2v) is 7.31. The molecule has 1 saturated heterocycles. The third-order valence-corrected chi connectivity index (χ3v) is 5.24. The van der Waals surface area contributed by atoms with Crippen molar-refractivity contribution in [1.82, 2.24) is 9.13 Å². The molecule has 1 atom stereocenters. The second kappa shape index (κ2) is 8.14. The Morgan fingerprint density at radius 3 is 2.61 bits per heavy atom. The Labute approximate surface area is 164 Å². The van der Waals surface area contributed by atoms with Gasteiger partial charge in [-0.2, -0.15) is 0 Å².